The Morgan fingerprint density at radius 1 is 1.47 bits per heavy atom. The summed E-state index contributed by atoms with van der Waals surface area (Å²) >= 11 is 1.29. The number of thioether (sulfide) groups is 1. The molecule has 2 nitrogen and oxygen atoms in total. The van der Waals surface area contributed by atoms with Crippen LogP contribution < -0.4 is 4.74 Å². The number of carbonyl (C=O) groups is 1. The van der Waals surface area contributed by atoms with Gasteiger partial charge in [-0.05, 0) is 6.07 Å². The Bertz CT molecular complexity index is 410. The number of benzene rings is 1. The summed E-state index contributed by atoms with van der Waals surface area (Å²) in [6.45, 7) is 5.68. The second kappa shape index (κ2) is 7.74. The predicted molar refractivity (Wildman–Crippen MR) is 74.3 cm³/mol. The van der Waals surface area contributed by atoms with Gasteiger partial charge in [0.25, 0.3) is 0 Å². The zero-order valence-electron chi connectivity index (χ0n) is 9.89. The van der Waals surface area contributed by atoms with Gasteiger partial charge in [-0.2, -0.15) is 0 Å². The van der Waals surface area contributed by atoms with Crippen molar-refractivity contribution in [3.05, 3.63) is 48.6 Å². The van der Waals surface area contributed by atoms with Crippen molar-refractivity contribution in [1.29, 1.82) is 0 Å². The van der Waals surface area contributed by atoms with Gasteiger partial charge in [0.05, 0.1) is 0 Å². The van der Waals surface area contributed by atoms with Crippen LogP contribution >= 0.6 is 11.8 Å². The van der Waals surface area contributed by atoms with E-state index in [1.165, 1.54) is 11.8 Å². The lowest BCUT2D eigenvalue weighted by Gasteiger charge is -2.06. The highest BCUT2D eigenvalue weighted by atomic mass is 32.2. The number of ether oxygens (including phenoxy) is 1. The molecular weight excluding hydrogens is 232 g/mol. The van der Waals surface area contributed by atoms with Crippen molar-refractivity contribution >= 4 is 23.0 Å². The molecule has 0 aromatic heterocycles. The van der Waals surface area contributed by atoms with E-state index in [1.807, 2.05) is 36.4 Å². The van der Waals surface area contributed by atoms with Gasteiger partial charge in [0.15, 0.2) is 5.12 Å². The molecule has 0 unspecified atom stereocenters. The number of hydrogen-bond donors (Lipinski definition) is 0. The molecule has 0 atom stereocenters. The van der Waals surface area contributed by atoms with Crippen LogP contribution in [0.1, 0.15) is 12.5 Å². The first-order valence-electron chi connectivity index (χ1n) is 5.36. The number of hydrogen-bond acceptors (Lipinski definition) is 3. The van der Waals surface area contributed by atoms with Crippen LogP contribution in [0.5, 0.6) is 5.75 Å². The molecule has 1 aromatic rings. The molecule has 17 heavy (non-hydrogen) atoms. The molecule has 0 saturated carbocycles. The van der Waals surface area contributed by atoms with Crippen molar-refractivity contribution in [2.24, 2.45) is 0 Å². The zero-order chi connectivity index (χ0) is 12.5. The SMILES string of the molecule is C=CCOc1ccccc1C=CCSC(C)=O. The predicted octanol–water partition coefficient (Wildman–Crippen LogP) is 3.54. The first-order chi connectivity index (χ1) is 8.24. The molecule has 0 heterocycles. The molecular formula is C14H16O2S. The number of para-hydroxylation sites is 1. The van der Waals surface area contributed by atoms with Crippen molar-refractivity contribution in [3.8, 4) is 5.75 Å². The monoisotopic (exact) mass is 248 g/mol. The van der Waals surface area contributed by atoms with Crippen molar-refractivity contribution < 1.29 is 9.53 Å². The van der Waals surface area contributed by atoms with Gasteiger partial charge in [-0.3, -0.25) is 4.79 Å². The fourth-order valence-electron chi connectivity index (χ4n) is 1.24. The van der Waals surface area contributed by atoms with Crippen LogP contribution in [0.4, 0.5) is 0 Å². The Kier molecular flexibility index (Phi) is 6.18. The van der Waals surface area contributed by atoms with Crippen LogP contribution in [0.15, 0.2) is 43.0 Å². The van der Waals surface area contributed by atoms with Crippen LogP contribution in [0.3, 0.4) is 0 Å². The maximum Gasteiger partial charge on any atom is 0.186 e. The number of rotatable bonds is 6. The third-order valence-electron chi connectivity index (χ3n) is 1.96. The first-order valence-corrected chi connectivity index (χ1v) is 6.35. The lowest BCUT2D eigenvalue weighted by Crippen LogP contribution is -1.94. The molecule has 0 aliphatic rings. The molecule has 90 valence electrons. The molecule has 0 aliphatic carbocycles. The summed E-state index contributed by atoms with van der Waals surface area (Å²) < 4.78 is 5.52. The fraction of sp³-hybridized carbons (Fsp3) is 0.214. The van der Waals surface area contributed by atoms with Gasteiger partial charge >= 0.3 is 0 Å². The molecule has 0 spiro atoms. The summed E-state index contributed by atoms with van der Waals surface area (Å²) in [5.41, 5.74) is 1.01. The molecule has 0 saturated heterocycles. The molecule has 0 fully saturated rings. The summed E-state index contributed by atoms with van der Waals surface area (Å²) in [6, 6.07) is 7.79. The smallest absolute Gasteiger partial charge is 0.186 e. The summed E-state index contributed by atoms with van der Waals surface area (Å²) in [4.78, 5) is 10.8. The maximum absolute atomic E-state index is 10.8. The summed E-state index contributed by atoms with van der Waals surface area (Å²) in [7, 11) is 0. The van der Waals surface area contributed by atoms with Crippen LogP contribution in [0.2, 0.25) is 0 Å². The van der Waals surface area contributed by atoms with Crippen LogP contribution in [-0.4, -0.2) is 17.5 Å². The highest BCUT2D eigenvalue weighted by Gasteiger charge is 1.98. The van der Waals surface area contributed by atoms with Crippen molar-refractivity contribution in [1.82, 2.24) is 0 Å². The van der Waals surface area contributed by atoms with Gasteiger partial charge in [0.1, 0.15) is 12.4 Å². The van der Waals surface area contributed by atoms with Crippen LogP contribution in [-0.2, 0) is 4.79 Å². The zero-order valence-corrected chi connectivity index (χ0v) is 10.7. The molecule has 3 heteroatoms. The lowest BCUT2D eigenvalue weighted by atomic mass is 10.2. The third-order valence-corrected chi connectivity index (χ3v) is 2.72. The molecule has 0 aliphatic heterocycles. The summed E-state index contributed by atoms with van der Waals surface area (Å²) in [5.74, 6) is 1.52. The largest absolute Gasteiger partial charge is 0.489 e. The Morgan fingerprint density at radius 2 is 2.24 bits per heavy atom. The van der Waals surface area contributed by atoms with Gasteiger partial charge in [0, 0.05) is 18.2 Å². The first kappa shape index (κ1) is 13.6. The molecule has 1 rings (SSSR count). The minimum absolute atomic E-state index is 0.130. The van der Waals surface area contributed by atoms with E-state index in [4.69, 9.17) is 4.74 Å². The van der Waals surface area contributed by atoms with E-state index in [-0.39, 0.29) is 5.12 Å². The summed E-state index contributed by atoms with van der Waals surface area (Å²) in [6.07, 6.45) is 5.64. The van der Waals surface area contributed by atoms with E-state index >= 15 is 0 Å². The van der Waals surface area contributed by atoms with Gasteiger partial charge in [0.2, 0.25) is 0 Å². The molecule has 0 N–H and O–H groups in total. The van der Waals surface area contributed by atoms with E-state index in [1.54, 1.807) is 13.0 Å². The topological polar surface area (TPSA) is 26.3 Å². The van der Waals surface area contributed by atoms with Crippen molar-refractivity contribution in [2.45, 2.75) is 6.92 Å². The normalized spacial score (nSPS) is 10.4. The minimum Gasteiger partial charge on any atom is -0.489 e. The summed E-state index contributed by atoms with van der Waals surface area (Å²) in [5, 5.41) is 0.130. The lowest BCUT2D eigenvalue weighted by molar-refractivity contribution is -0.109. The van der Waals surface area contributed by atoms with Crippen molar-refractivity contribution in [2.75, 3.05) is 12.4 Å². The second-order valence-electron chi connectivity index (χ2n) is 3.34. The highest BCUT2D eigenvalue weighted by Crippen LogP contribution is 2.19. The Hall–Kier alpha value is -1.48. The maximum atomic E-state index is 10.8. The van der Waals surface area contributed by atoms with Gasteiger partial charge < -0.3 is 4.74 Å². The molecule has 0 radical (unpaired) electrons. The average molecular weight is 248 g/mol. The van der Waals surface area contributed by atoms with Crippen LogP contribution in [0, 0.1) is 0 Å². The van der Waals surface area contributed by atoms with E-state index in [2.05, 4.69) is 6.58 Å². The molecule has 0 amide bonds. The fourth-order valence-corrected chi connectivity index (χ4v) is 1.67. The van der Waals surface area contributed by atoms with E-state index in [0.29, 0.717) is 12.4 Å². The third kappa shape index (κ3) is 5.41. The van der Waals surface area contributed by atoms with Gasteiger partial charge in [-0.15, -0.1) is 0 Å². The minimum atomic E-state index is 0.130. The quantitative estimate of drug-likeness (QED) is 0.720. The average Bonchev–Trinajstić information content (AvgIpc) is 2.33. The molecule has 1 aromatic carbocycles. The van der Waals surface area contributed by atoms with E-state index < -0.39 is 0 Å². The Labute approximate surface area is 106 Å². The Morgan fingerprint density at radius 3 is 2.94 bits per heavy atom. The van der Waals surface area contributed by atoms with Crippen molar-refractivity contribution in [3.63, 3.8) is 0 Å². The number of carbonyl (C=O) groups excluding carboxylic acids is 1. The van der Waals surface area contributed by atoms with E-state index in [0.717, 1.165) is 11.3 Å². The van der Waals surface area contributed by atoms with Gasteiger partial charge in [-0.25, -0.2) is 0 Å². The standard InChI is InChI=1S/C14H16O2S/c1-3-10-16-14-9-5-4-7-13(14)8-6-11-17-12(2)15/h3-9H,1,10-11H2,2H3. The van der Waals surface area contributed by atoms with Gasteiger partial charge in [-0.1, -0.05) is 54.8 Å². The second-order valence-corrected chi connectivity index (χ2v) is 4.54. The van der Waals surface area contributed by atoms with E-state index in [9.17, 15) is 4.79 Å². The Balaban J connectivity index is 2.62. The van der Waals surface area contributed by atoms with Crippen LogP contribution in [0.25, 0.3) is 6.08 Å². The molecule has 0 bridgehead atoms. The highest BCUT2D eigenvalue weighted by molar-refractivity contribution is 8.13.